The lowest BCUT2D eigenvalue weighted by atomic mass is 9.99. The third kappa shape index (κ3) is 3.20. The summed E-state index contributed by atoms with van der Waals surface area (Å²) >= 11 is 7.03. The third-order valence-electron chi connectivity index (χ3n) is 3.19. The van der Waals surface area contributed by atoms with Crippen molar-refractivity contribution in [3.8, 4) is 0 Å². The number of halogens is 2. The lowest BCUT2D eigenvalue weighted by Gasteiger charge is -2.37. The summed E-state index contributed by atoms with van der Waals surface area (Å²) in [5, 5.41) is 0. The van der Waals surface area contributed by atoms with Crippen LogP contribution in [0.1, 0.15) is 25.7 Å². The van der Waals surface area contributed by atoms with Crippen LogP contribution in [0, 0.1) is 0 Å². The molecule has 0 spiro atoms. The van der Waals surface area contributed by atoms with E-state index in [0.717, 1.165) is 34.3 Å². The zero-order chi connectivity index (χ0) is 12.3. The molecule has 2 rings (SSSR count). The first-order chi connectivity index (χ1) is 8.22. The molecule has 1 aromatic heterocycles. The highest BCUT2D eigenvalue weighted by atomic mass is 79.9. The molecule has 2 heterocycles. The van der Waals surface area contributed by atoms with Gasteiger partial charge in [0.25, 0.3) is 0 Å². The zero-order valence-corrected chi connectivity index (χ0v) is 12.9. The molecular weight excluding hydrogens is 346 g/mol. The number of piperidine rings is 1. The number of rotatable bonds is 3. The second-order valence-corrected chi connectivity index (χ2v) is 6.15. The van der Waals surface area contributed by atoms with Crippen molar-refractivity contribution in [2.24, 2.45) is 5.73 Å². The Kier molecular flexibility index (Phi) is 4.82. The van der Waals surface area contributed by atoms with Crippen LogP contribution in [0.15, 0.2) is 21.2 Å². The molecule has 0 aromatic carbocycles. The minimum absolute atomic E-state index is 0.540. The van der Waals surface area contributed by atoms with E-state index in [9.17, 15) is 0 Å². The van der Waals surface area contributed by atoms with E-state index in [-0.39, 0.29) is 0 Å². The van der Waals surface area contributed by atoms with Crippen LogP contribution < -0.4 is 10.6 Å². The molecule has 0 amide bonds. The van der Waals surface area contributed by atoms with Crippen molar-refractivity contribution in [2.75, 3.05) is 18.0 Å². The molecular formula is C12H17Br2N3. The molecule has 5 heteroatoms. The summed E-state index contributed by atoms with van der Waals surface area (Å²) in [5.74, 6) is 1.05. The number of nitrogens with zero attached hydrogens (tertiary/aromatic N) is 2. The fraction of sp³-hybridized carbons (Fsp3) is 0.583. The summed E-state index contributed by atoms with van der Waals surface area (Å²) in [5.41, 5.74) is 5.70. The molecule has 3 nitrogen and oxygen atoms in total. The van der Waals surface area contributed by atoms with Gasteiger partial charge in [0.2, 0.25) is 0 Å². The number of anilines is 1. The highest BCUT2D eigenvalue weighted by Crippen LogP contribution is 2.32. The van der Waals surface area contributed by atoms with E-state index in [0.29, 0.717) is 6.04 Å². The van der Waals surface area contributed by atoms with Gasteiger partial charge in [0, 0.05) is 23.3 Å². The topological polar surface area (TPSA) is 42.1 Å². The quantitative estimate of drug-likeness (QED) is 0.896. The maximum atomic E-state index is 5.70. The fourth-order valence-corrected chi connectivity index (χ4v) is 3.61. The van der Waals surface area contributed by atoms with E-state index in [4.69, 9.17) is 5.73 Å². The normalized spacial score (nSPS) is 20.6. The number of pyridine rings is 1. The van der Waals surface area contributed by atoms with E-state index in [2.05, 4.69) is 47.8 Å². The van der Waals surface area contributed by atoms with Crippen molar-refractivity contribution in [2.45, 2.75) is 31.7 Å². The van der Waals surface area contributed by atoms with Gasteiger partial charge in [-0.15, -0.1) is 0 Å². The van der Waals surface area contributed by atoms with E-state index in [1.165, 1.54) is 19.3 Å². The summed E-state index contributed by atoms with van der Waals surface area (Å²) in [6, 6.07) is 2.59. The summed E-state index contributed by atoms with van der Waals surface area (Å²) in [6.07, 6.45) is 6.67. The molecule has 2 N–H and O–H groups in total. The fourth-order valence-electron chi connectivity index (χ4n) is 2.39. The van der Waals surface area contributed by atoms with Gasteiger partial charge < -0.3 is 10.6 Å². The lowest BCUT2D eigenvalue weighted by molar-refractivity contribution is 0.438. The Morgan fingerprint density at radius 1 is 1.41 bits per heavy atom. The first-order valence-electron chi connectivity index (χ1n) is 6.00. The molecule has 0 radical (unpaired) electrons. The van der Waals surface area contributed by atoms with Crippen LogP contribution in [-0.2, 0) is 0 Å². The van der Waals surface area contributed by atoms with Gasteiger partial charge in [-0.2, -0.15) is 0 Å². The second kappa shape index (κ2) is 6.16. The number of hydrogen-bond acceptors (Lipinski definition) is 3. The summed E-state index contributed by atoms with van der Waals surface area (Å²) in [4.78, 5) is 6.92. The molecule has 94 valence electrons. The van der Waals surface area contributed by atoms with Gasteiger partial charge in [-0.1, -0.05) is 0 Å². The van der Waals surface area contributed by atoms with Gasteiger partial charge in [-0.05, 0) is 70.2 Å². The Morgan fingerprint density at radius 2 is 2.24 bits per heavy atom. The monoisotopic (exact) mass is 361 g/mol. The molecule has 1 aliphatic rings. The van der Waals surface area contributed by atoms with Crippen molar-refractivity contribution in [3.05, 3.63) is 21.2 Å². The van der Waals surface area contributed by atoms with Gasteiger partial charge >= 0.3 is 0 Å². The van der Waals surface area contributed by atoms with Crippen molar-refractivity contribution < 1.29 is 0 Å². The van der Waals surface area contributed by atoms with Gasteiger partial charge in [-0.25, -0.2) is 4.98 Å². The van der Waals surface area contributed by atoms with Gasteiger partial charge in [-0.3, -0.25) is 0 Å². The Hall–Kier alpha value is -0.130. The number of hydrogen-bond donors (Lipinski definition) is 1. The first-order valence-corrected chi connectivity index (χ1v) is 7.58. The van der Waals surface area contributed by atoms with E-state index < -0.39 is 0 Å². The predicted molar refractivity (Wildman–Crippen MR) is 78.3 cm³/mol. The zero-order valence-electron chi connectivity index (χ0n) is 9.70. The van der Waals surface area contributed by atoms with Crippen LogP contribution in [-0.4, -0.2) is 24.1 Å². The van der Waals surface area contributed by atoms with Crippen LogP contribution in [0.2, 0.25) is 0 Å². The molecule has 1 unspecified atom stereocenters. The minimum Gasteiger partial charge on any atom is -0.353 e. The highest BCUT2D eigenvalue weighted by Gasteiger charge is 2.24. The van der Waals surface area contributed by atoms with Crippen LogP contribution in [0.4, 0.5) is 5.82 Å². The standard InChI is InChI=1S/C12H17Br2N3/c13-9-7-11(14)12(16-8-9)17-6-2-1-3-10(17)4-5-15/h7-8,10H,1-6,15H2. The maximum Gasteiger partial charge on any atom is 0.143 e. The number of aromatic nitrogens is 1. The Morgan fingerprint density at radius 3 is 2.94 bits per heavy atom. The largest absolute Gasteiger partial charge is 0.353 e. The van der Waals surface area contributed by atoms with Crippen molar-refractivity contribution in [1.82, 2.24) is 4.98 Å². The first kappa shape index (κ1) is 13.3. The van der Waals surface area contributed by atoms with Crippen molar-refractivity contribution in [1.29, 1.82) is 0 Å². The molecule has 1 aliphatic heterocycles. The predicted octanol–water partition coefficient (Wildman–Crippen LogP) is 3.31. The Bertz CT molecular complexity index is 382. The average Bonchev–Trinajstić information content (AvgIpc) is 2.31. The molecule has 0 bridgehead atoms. The highest BCUT2D eigenvalue weighted by molar-refractivity contribution is 9.11. The van der Waals surface area contributed by atoms with E-state index >= 15 is 0 Å². The van der Waals surface area contributed by atoms with Crippen LogP contribution in [0.25, 0.3) is 0 Å². The Balaban J connectivity index is 2.23. The minimum atomic E-state index is 0.540. The van der Waals surface area contributed by atoms with Crippen LogP contribution in [0.5, 0.6) is 0 Å². The second-order valence-electron chi connectivity index (χ2n) is 4.38. The third-order valence-corrected chi connectivity index (χ3v) is 4.20. The molecule has 0 aliphatic carbocycles. The summed E-state index contributed by atoms with van der Waals surface area (Å²) in [6.45, 7) is 1.83. The van der Waals surface area contributed by atoms with E-state index in [1.54, 1.807) is 0 Å². The molecule has 1 saturated heterocycles. The van der Waals surface area contributed by atoms with Crippen LogP contribution in [0.3, 0.4) is 0 Å². The van der Waals surface area contributed by atoms with Gasteiger partial charge in [0.15, 0.2) is 0 Å². The Labute approximate surface area is 119 Å². The SMILES string of the molecule is NCCC1CCCCN1c1ncc(Br)cc1Br. The molecule has 1 atom stereocenters. The molecule has 1 aromatic rings. The smallest absolute Gasteiger partial charge is 0.143 e. The van der Waals surface area contributed by atoms with Crippen LogP contribution >= 0.6 is 31.9 Å². The molecule has 17 heavy (non-hydrogen) atoms. The maximum absolute atomic E-state index is 5.70. The van der Waals surface area contributed by atoms with Gasteiger partial charge in [0.05, 0.1) is 4.47 Å². The van der Waals surface area contributed by atoms with E-state index in [1.807, 2.05) is 6.20 Å². The average molecular weight is 363 g/mol. The molecule has 0 saturated carbocycles. The lowest BCUT2D eigenvalue weighted by Crippen LogP contribution is -2.41. The summed E-state index contributed by atoms with van der Waals surface area (Å²) < 4.78 is 2.05. The van der Waals surface area contributed by atoms with Crippen molar-refractivity contribution >= 4 is 37.7 Å². The number of nitrogens with two attached hydrogens (primary N) is 1. The van der Waals surface area contributed by atoms with Crippen molar-refractivity contribution in [3.63, 3.8) is 0 Å². The van der Waals surface area contributed by atoms with Gasteiger partial charge in [0.1, 0.15) is 5.82 Å². The summed E-state index contributed by atoms with van der Waals surface area (Å²) in [7, 11) is 0. The molecule has 1 fully saturated rings.